The molecule has 2 rings (SSSR count). The van der Waals surface area contributed by atoms with E-state index in [1.807, 2.05) is 49.6 Å². The summed E-state index contributed by atoms with van der Waals surface area (Å²) < 4.78 is 1.04. The number of aryl methyl sites for hydroxylation is 1. The lowest BCUT2D eigenvalue weighted by Gasteiger charge is -2.27. The lowest BCUT2D eigenvalue weighted by atomic mass is 9.94. The van der Waals surface area contributed by atoms with Crippen molar-refractivity contribution in [3.8, 4) is 0 Å². The summed E-state index contributed by atoms with van der Waals surface area (Å²) in [5, 5.41) is 5.15. The van der Waals surface area contributed by atoms with Crippen molar-refractivity contribution in [1.82, 2.24) is 5.32 Å². The molecule has 1 aromatic carbocycles. The van der Waals surface area contributed by atoms with Crippen molar-refractivity contribution < 1.29 is 4.79 Å². The number of hydrogen-bond donors (Lipinski definition) is 1. The maximum Gasteiger partial charge on any atom is 0.221 e. The van der Waals surface area contributed by atoms with Crippen LogP contribution < -0.4 is 5.32 Å². The van der Waals surface area contributed by atoms with Gasteiger partial charge in [-0.15, -0.1) is 11.3 Å². The zero-order valence-electron chi connectivity index (χ0n) is 11.7. The van der Waals surface area contributed by atoms with Crippen molar-refractivity contribution in [3.63, 3.8) is 0 Å². The number of hydrogen-bond acceptors (Lipinski definition) is 2. The van der Waals surface area contributed by atoms with Gasteiger partial charge in [0.05, 0.1) is 5.54 Å². The highest BCUT2D eigenvalue weighted by Gasteiger charge is 2.22. The van der Waals surface area contributed by atoms with E-state index in [0.29, 0.717) is 6.42 Å². The summed E-state index contributed by atoms with van der Waals surface area (Å²) in [7, 11) is 0. The summed E-state index contributed by atoms with van der Waals surface area (Å²) in [5.74, 6) is 0.0892. The third-order valence-electron chi connectivity index (χ3n) is 3.20. The van der Waals surface area contributed by atoms with E-state index in [0.717, 1.165) is 16.5 Å². The minimum atomic E-state index is -0.354. The first-order valence-electron chi connectivity index (χ1n) is 6.57. The van der Waals surface area contributed by atoms with Crippen LogP contribution in [0.15, 0.2) is 46.3 Å². The van der Waals surface area contributed by atoms with E-state index in [-0.39, 0.29) is 11.4 Å². The van der Waals surface area contributed by atoms with Crippen molar-refractivity contribution >= 4 is 33.2 Å². The number of thiophene rings is 1. The Hall–Kier alpha value is -1.13. The first-order valence-corrected chi connectivity index (χ1v) is 8.24. The van der Waals surface area contributed by atoms with Gasteiger partial charge in [-0.3, -0.25) is 4.79 Å². The van der Waals surface area contributed by atoms with Crippen LogP contribution in [-0.4, -0.2) is 5.91 Å². The smallest absolute Gasteiger partial charge is 0.221 e. The Balaban J connectivity index is 1.93. The molecule has 2 nitrogen and oxygen atoms in total. The second-order valence-corrected chi connectivity index (χ2v) is 7.21. The van der Waals surface area contributed by atoms with E-state index in [1.54, 1.807) is 11.3 Å². The molecule has 0 saturated heterocycles. The molecular weight excluding hydrogens is 334 g/mol. The van der Waals surface area contributed by atoms with Gasteiger partial charge in [-0.05, 0) is 49.4 Å². The van der Waals surface area contributed by atoms with Crippen molar-refractivity contribution in [2.75, 3.05) is 0 Å². The molecule has 0 atom stereocenters. The van der Waals surface area contributed by atoms with Gasteiger partial charge in [-0.25, -0.2) is 0 Å². The van der Waals surface area contributed by atoms with Crippen LogP contribution in [0.5, 0.6) is 0 Å². The van der Waals surface area contributed by atoms with Gasteiger partial charge < -0.3 is 5.32 Å². The summed E-state index contributed by atoms with van der Waals surface area (Å²) >= 11 is 5.12. The Morgan fingerprint density at radius 1 is 1.25 bits per heavy atom. The molecule has 0 unspecified atom stereocenters. The van der Waals surface area contributed by atoms with E-state index in [2.05, 4.69) is 27.3 Å². The molecule has 20 heavy (non-hydrogen) atoms. The summed E-state index contributed by atoms with van der Waals surface area (Å²) in [5.41, 5.74) is 0.748. The fraction of sp³-hybridized carbons (Fsp3) is 0.312. The predicted octanol–water partition coefficient (Wildman–Crippen LogP) is 4.49. The summed E-state index contributed by atoms with van der Waals surface area (Å²) in [6.45, 7) is 4.05. The van der Waals surface area contributed by atoms with Crippen LogP contribution in [-0.2, 0) is 16.8 Å². The third-order valence-corrected chi connectivity index (χ3v) is 4.66. The van der Waals surface area contributed by atoms with Gasteiger partial charge in [0.15, 0.2) is 0 Å². The first-order chi connectivity index (χ1) is 9.47. The molecule has 0 saturated carbocycles. The van der Waals surface area contributed by atoms with Crippen LogP contribution in [0.2, 0.25) is 0 Å². The highest BCUT2D eigenvalue weighted by molar-refractivity contribution is 9.10. The zero-order chi connectivity index (χ0) is 14.6. The third kappa shape index (κ3) is 4.18. The minimum absolute atomic E-state index is 0.0892. The monoisotopic (exact) mass is 351 g/mol. The average Bonchev–Trinajstić information content (AvgIpc) is 2.89. The highest BCUT2D eigenvalue weighted by Crippen LogP contribution is 2.22. The van der Waals surface area contributed by atoms with Gasteiger partial charge >= 0.3 is 0 Å². The standard InChI is InChI=1S/C16H18BrNOS/c1-16(2,12-5-7-13(17)8-6-12)18-15(19)10-9-14-4-3-11-20-14/h3-8,11H,9-10H2,1-2H3,(H,18,19). The number of benzene rings is 1. The fourth-order valence-electron chi connectivity index (χ4n) is 2.04. The first kappa shape index (κ1) is 15.3. The lowest BCUT2D eigenvalue weighted by Crippen LogP contribution is -2.41. The normalized spacial score (nSPS) is 11.3. The van der Waals surface area contributed by atoms with E-state index in [1.165, 1.54) is 4.88 Å². The van der Waals surface area contributed by atoms with Crippen LogP contribution in [0.4, 0.5) is 0 Å². The molecular formula is C16H18BrNOS. The topological polar surface area (TPSA) is 29.1 Å². The molecule has 0 aliphatic heterocycles. The minimum Gasteiger partial charge on any atom is -0.347 e. The molecule has 1 N–H and O–H groups in total. The quantitative estimate of drug-likeness (QED) is 0.844. The second-order valence-electron chi connectivity index (χ2n) is 5.26. The fourth-order valence-corrected chi connectivity index (χ4v) is 3.01. The van der Waals surface area contributed by atoms with Crippen molar-refractivity contribution in [1.29, 1.82) is 0 Å². The Morgan fingerprint density at radius 2 is 1.95 bits per heavy atom. The number of carbonyl (C=O) groups excluding carboxylic acids is 1. The number of carbonyl (C=O) groups is 1. The summed E-state index contributed by atoms with van der Waals surface area (Å²) in [4.78, 5) is 13.3. The van der Waals surface area contributed by atoms with Gasteiger partial charge in [0, 0.05) is 15.8 Å². The highest BCUT2D eigenvalue weighted by atomic mass is 79.9. The lowest BCUT2D eigenvalue weighted by molar-refractivity contribution is -0.122. The number of halogens is 1. The molecule has 4 heteroatoms. The SMILES string of the molecule is CC(C)(NC(=O)CCc1cccs1)c1ccc(Br)cc1. The van der Waals surface area contributed by atoms with E-state index < -0.39 is 0 Å². The van der Waals surface area contributed by atoms with Crippen LogP contribution in [0, 0.1) is 0 Å². The Morgan fingerprint density at radius 3 is 2.55 bits per heavy atom. The molecule has 106 valence electrons. The average molecular weight is 352 g/mol. The Labute approximate surface area is 132 Å². The maximum absolute atomic E-state index is 12.1. The van der Waals surface area contributed by atoms with Crippen molar-refractivity contribution in [2.24, 2.45) is 0 Å². The summed E-state index contributed by atoms with van der Waals surface area (Å²) in [6, 6.07) is 12.1. The van der Waals surface area contributed by atoms with Crippen molar-refractivity contribution in [2.45, 2.75) is 32.2 Å². The molecule has 0 radical (unpaired) electrons. The second kappa shape index (κ2) is 6.55. The van der Waals surface area contributed by atoms with E-state index in [9.17, 15) is 4.79 Å². The van der Waals surface area contributed by atoms with Crippen molar-refractivity contribution in [3.05, 3.63) is 56.7 Å². The Bertz CT molecular complexity index is 561. The molecule has 2 aromatic rings. The van der Waals surface area contributed by atoms with Gasteiger partial charge in [0.25, 0.3) is 0 Å². The maximum atomic E-state index is 12.1. The van der Waals surface area contributed by atoms with Crippen LogP contribution in [0.25, 0.3) is 0 Å². The van der Waals surface area contributed by atoms with Crippen LogP contribution in [0.1, 0.15) is 30.7 Å². The van der Waals surface area contributed by atoms with Gasteiger partial charge in [-0.2, -0.15) is 0 Å². The van der Waals surface area contributed by atoms with Gasteiger partial charge in [0.2, 0.25) is 5.91 Å². The molecule has 0 fully saturated rings. The molecule has 1 heterocycles. The molecule has 0 spiro atoms. The van der Waals surface area contributed by atoms with Gasteiger partial charge in [0.1, 0.15) is 0 Å². The van der Waals surface area contributed by atoms with Crippen LogP contribution >= 0.6 is 27.3 Å². The van der Waals surface area contributed by atoms with E-state index in [4.69, 9.17) is 0 Å². The molecule has 0 bridgehead atoms. The van der Waals surface area contributed by atoms with E-state index >= 15 is 0 Å². The zero-order valence-corrected chi connectivity index (χ0v) is 14.1. The molecule has 1 amide bonds. The molecule has 0 aliphatic carbocycles. The molecule has 0 aliphatic rings. The number of amides is 1. The Kier molecular flexibility index (Phi) is 5.00. The molecule has 1 aromatic heterocycles. The van der Waals surface area contributed by atoms with Gasteiger partial charge in [-0.1, -0.05) is 34.1 Å². The largest absolute Gasteiger partial charge is 0.347 e. The number of rotatable bonds is 5. The summed E-state index contributed by atoms with van der Waals surface area (Å²) in [6.07, 6.45) is 1.33. The number of nitrogens with one attached hydrogen (secondary N) is 1. The van der Waals surface area contributed by atoms with Crippen LogP contribution in [0.3, 0.4) is 0 Å². The predicted molar refractivity (Wildman–Crippen MR) is 88.0 cm³/mol.